The van der Waals surface area contributed by atoms with E-state index in [-0.39, 0.29) is 0 Å². The molecule has 7 nitrogen and oxygen atoms in total. The molecule has 22 heavy (non-hydrogen) atoms. The lowest BCUT2D eigenvalue weighted by Crippen LogP contribution is -1.99. The monoisotopic (exact) mass is 291 g/mol. The van der Waals surface area contributed by atoms with E-state index in [4.69, 9.17) is 0 Å². The first-order valence-corrected chi connectivity index (χ1v) is 6.80. The van der Waals surface area contributed by atoms with E-state index in [1.165, 1.54) is 0 Å². The van der Waals surface area contributed by atoms with Crippen LogP contribution >= 0.6 is 0 Å². The van der Waals surface area contributed by atoms with Gasteiger partial charge in [-0.1, -0.05) is 6.07 Å². The molecule has 4 heterocycles. The molecule has 0 saturated carbocycles. The Bertz CT molecular complexity index is 923. The highest BCUT2D eigenvalue weighted by Crippen LogP contribution is 2.24. The summed E-state index contributed by atoms with van der Waals surface area (Å²) in [7, 11) is 1.89. The summed E-state index contributed by atoms with van der Waals surface area (Å²) in [6.07, 6.45) is 10.9. The van der Waals surface area contributed by atoms with Gasteiger partial charge in [-0.3, -0.25) is 9.08 Å². The van der Waals surface area contributed by atoms with Gasteiger partial charge in [0.05, 0.1) is 18.1 Å². The molecule has 0 aliphatic heterocycles. The molecule has 4 aromatic rings. The second-order valence-electron chi connectivity index (χ2n) is 4.86. The summed E-state index contributed by atoms with van der Waals surface area (Å²) in [5, 5.41) is 7.39. The first kappa shape index (κ1) is 12.5. The predicted octanol–water partition coefficient (Wildman–Crippen LogP) is 2.27. The van der Waals surface area contributed by atoms with Crippen LogP contribution in [0.3, 0.4) is 0 Å². The highest BCUT2D eigenvalue weighted by molar-refractivity contribution is 5.72. The Balaban J connectivity index is 1.80. The van der Waals surface area contributed by atoms with Gasteiger partial charge in [0.25, 0.3) is 0 Å². The van der Waals surface area contributed by atoms with Crippen LogP contribution in [-0.4, -0.2) is 29.1 Å². The number of anilines is 2. The van der Waals surface area contributed by atoms with E-state index in [2.05, 4.69) is 25.4 Å². The van der Waals surface area contributed by atoms with Crippen molar-refractivity contribution >= 4 is 17.3 Å². The second-order valence-corrected chi connectivity index (χ2v) is 4.86. The molecule has 4 aromatic heterocycles. The Morgan fingerprint density at radius 3 is 2.77 bits per heavy atom. The van der Waals surface area contributed by atoms with Gasteiger partial charge in [0, 0.05) is 37.4 Å². The van der Waals surface area contributed by atoms with E-state index >= 15 is 0 Å². The average Bonchev–Trinajstić information content (AvgIpc) is 3.15. The maximum absolute atomic E-state index is 4.47. The second kappa shape index (κ2) is 4.96. The van der Waals surface area contributed by atoms with Gasteiger partial charge < -0.3 is 5.32 Å². The Morgan fingerprint density at radius 2 is 2.00 bits per heavy atom. The van der Waals surface area contributed by atoms with E-state index in [0.29, 0.717) is 5.82 Å². The van der Waals surface area contributed by atoms with E-state index in [0.717, 1.165) is 22.7 Å². The molecule has 0 radical (unpaired) electrons. The molecule has 0 aromatic carbocycles. The summed E-state index contributed by atoms with van der Waals surface area (Å²) >= 11 is 0. The maximum Gasteiger partial charge on any atom is 0.180 e. The van der Waals surface area contributed by atoms with E-state index in [9.17, 15) is 0 Å². The molecular weight excluding hydrogens is 278 g/mol. The molecule has 4 rings (SSSR count). The number of imidazole rings is 1. The fourth-order valence-electron chi connectivity index (χ4n) is 2.33. The van der Waals surface area contributed by atoms with Crippen LogP contribution in [0.1, 0.15) is 0 Å². The topological polar surface area (TPSA) is 72.9 Å². The summed E-state index contributed by atoms with van der Waals surface area (Å²) in [6, 6.07) is 5.67. The molecule has 108 valence electrons. The van der Waals surface area contributed by atoms with Gasteiger partial charge >= 0.3 is 0 Å². The van der Waals surface area contributed by atoms with Gasteiger partial charge in [-0.05, 0) is 12.1 Å². The number of hydrogen-bond donors (Lipinski definition) is 1. The van der Waals surface area contributed by atoms with Crippen LogP contribution in [0.2, 0.25) is 0 Å². The van der Waals surface area contributed by atoms with Gasteiger partial charge in [-0.2, -0.15) is 5.10 Å². The van der Waals surface area contributed by atoms with Gasteiger partial charge in [-0.15, -0.1) is 0 Å². The predicted molar refractivity (Wildman–Crippen MR) is 82.7 cm³/mol. The molecular formula is C15H13N7. The van der Waals surface area contributed by atoms with Crippen molar-refractivity contribution in [3.63, 3.8) is 0 Å². The van der Waals surface area contributed by atoms with Crippen molar-refractivity contribution in [3.8, 4) is 11.3 Å². The molecule has 0 aliphatic rings. The Hall–Kier alpha value is -3.22. The fourth-order valence-corrected chi connectivity index (χ4v) is 2.33. The standard InChI is InChI=1S/C15H13N7/c1-21-10-11(8-19-21)12-9-18-15-14(17-6-7-22(12)15)20-13-4-2-3-5-16-13/h2-10H,1H3,(H,16,17,20). The lowest BCUT2D eigenvalue weighted by atomic mass is 10.3. The van der Waals surface area contributed by atoms with E-state index < -0.39 is 0 Å². The van der Waals surface area contributed by atoms with Crippen molar-refractivity contribution in [1.82, 2.24) is 29.1 Å². The summed E-state index contributed by atoms with van der Waals surface area (Å²) in [5.41, 5.74) is 2.71. The largest absolute Gasteiger partial charge is 0.322 e. The molecule has 0 atom stereocenters. The third-order valence-corrected chi connectivity index (χ3v) is 3.34. The van der Waals surface area contributed by atoms with E-state index in [1.807, 2.05) is 54.4 Å². The number of aromatic nitrogens is 6. The van der Waals surface area contributed by atoms with Crippen molar-refractivity contribution in [2.24, 2.45) is 7.05 Å². The molecule has 0 aliphatic carbocycles. The maximum atomic E-state index is 4.47. The smallest absolute Gasteiger partial charge is 0.180 e. The van der Waals surface area contributed by atoms with Gasteiger partial charge in [0.1, 0.15) is 5.82 Å². The molecule has 1 N–H and O–H groups in total. The minimum absolute atomic E-state index is 0.663. The highest BCUT2D eigenvalue weighted by Gasteiger charge is 2.11. The summed E-state index contributed by atoms with van der Waals surface area (Å²) in [6.45, 7) is 0. The molecule has 0 saturated heterocycles. The molecule has 7 heteroatoms. The SMILES string of the molecule is Cn1cc(-c2cnc3c(Nc4ccccn4)nccn23)cn1. The van der Waals surface area contributed by atoms with Crippen LogP contribution in [0.25, 0.3) is 16.9 Å². The zero-order chi connectivity index (χ0) is 14.9. The minimum Gasteiger partial charge on any atom is -0.322 e. The highest BCUT2D eigenvalue weighted by atomic mass is 15.2. The number of aryl methyl sites for hydroxylation is 1. The van der Waals surface area contributed by atoms with Crippen LogP contribution in [0.4, 0.5) is 11.6 Å². The zero-order valence-electron chi connectivity index (χ0n) is 11.9. The first-order valence-electron chi connectivity index (χ1n) is 6.80. The Morgan fingerprint density at radius 1 is 1.05 bits per heavy atom. The molecule has 0 spiro atoms. The third kappa shape index (κ3) is 2.08. The lowest BCUT2D eigenvalue weighted by molar-refractivity contribution is 0.768. The van der Waals surface area contributed by atoms with Crippen molar-refractivity contribution in [3.05, 3.63) is 55.4 Å². The number of nitrogens with zero attached hydrogens (tertiary/aromatic N) is 6. The lowest BCUT2D eigenvalue weighted by Gasteiger charge is -2.06. The summed E-state index contributed by atoms with van der Waals surface area (Å²) < 4.78 is 3.75. The summed E-state index contributed by atoms with van der Waals surface area (Å²) in [4.78, 5) is 13.1. The van der Waals surface area contributed by atoms with Crippen LogP contribution < -0.4 is 5.32 Å². The van der Waals surface area contributed by atoms with Crippen molar-refractivity contribution in [2.75, 3.05) is 5.32 Å². The van der Waals surface area contributed by atoms with Crippen molar-refractivity contribution < 1.29 is 0 Å². The third-order valence-electron chi connectivity index (χ3n) is 3.34. The van der Waals surface area contributed by atoms with Crippen LogP contribution in [0.5, 0.6) is 0 Å². The van der Waals surface area contributed by atoms with Crippen LogP contribution in [0, 0.1) is 0 Å². The minimum atomic E-state index is 0.663. The van der Waals surface area contributed by atoms with E-state index in [1.54, 1.807) is 17.1 Å². The number of nitrogens with one attached hydrogen (secondary N) is 1. The number of rotatable bonds is 3. The van der Waals surface area contributed by atoms with Crippen molar-refractivity contribution in [1.29, 1.82) is 0 Å². The van der Waals surface area contributed by atoms with Gasteiger partial charge in [0.2, 0.25) is 0 Å². The Kier molecular flexibility index (Phi) is 2.82. The molecule has 0 fully saturated rings. The van der Waals surface area contributed by atoms with Gasteiger partial charge in [0.15, 0.2) is 11.5 Å². The first-order chi connectivity index (χ1) is 10.8. The zero-order valence-corrected chi connectivity index (χ0v) is 11.9. The van der Waals surface area contributed by atoms with Crippen LogP contribution in [-0.2, 0) is 7.05 Å². The normalized spacial score (nSPS) is 11.0. The van der Waals surface area contributed by atoms with Gasteiger partial charge in [-0.25, -0.2) is 15.0 Å². The number of fused-ring (bicyclic) bond motifs is 1. The van der Waals surface area contributed by atoms with Crippen molar-refractivity contribution in [2.45, 2.75) is 0 Å². The fraction of sp³-hybridized carbons (Fsp3) is 0.0667. The average molecular weight is 291 g/mol. The van der Waals surface area contributed by atoms with Crippen LogP contribution in [0.15, 0.2) is 55.4 Å². The Labute approximate surface area is 126 Å². The number of hydrogen-bond acceptors (Lipinski definition) is 5. The molecule has 0 amide bonds. The number of pyridine rings is 1. The molecule has 0 bridgehead atoms. The summed E-state index contributed by atoms with van der Waals surface area (Å²) in [5.74, 6) is 1.39. The quantitative estimate of drug-likeness (QED) is 0.627. The molecule has 0 unspecified atom stereocenters.